The molecule has 0 unspecified atom stereocenters. The van der Waals surface area contributed by atoms with Gasteiger partial charge in [0.1, 0.15) is 30.0 Å². The Labute approximate surface area is 318 Å². The van der Waals surface area contributed by atoms with Crippen LogP contribution in [0.2, 0.25) is 0 Å². The van der Waals surface area contributed by atoms with Crippen LogP contribution in [0.4, 0.5) is 0 Å². The van der Waals surface area contributed by atoms with Crippen molar-refractivity contribution in [1.82, 2.24) is 15.0 Å². The second kappa shape index (κ2) is 18.0. The molecule has 0 radical (unpaired) electrons. The van der Waals surface area contributed by atoms with E-state index in [1.54, 1.807) is 36.5 Å². The predicted octanol–water partition coefficient (Wildman–Crippen LogP) is 8.39. The Morgan fingerprint density at radius 3 is 1.83 bits per heavy atom. The number of carbonyl (C=O) groups excluding carboxylic acids is 2. The fourth-order valence-corrected chi connectivity index (χ4v) is 6.42. The zero-order valence-corrected chi connectivity index (χ0v) is 32.2. The minimum Gasteiger partial charge on any atom is -0.457 e. The van der Waals surface area contributed by atoms with Crippen LogP contribution in [0.15, 0.2) is 102 Å². The number of aliphatic hydroxyl groups is 2. The number of allylic oxidation sites excluding steroid dienone is 10. The molecule has 0 spiro atoms. The van der Waals surface area contributed by atoms with Crippen LogP contribution in [0, 0.1) is 34.5 Å². The standard InChI is InChI=1S/C44H55N3O7/c1-7-15-35(48)43(3,4)37-21-13-19-32-26-30(32)18-10-12-24-40-47-34(28-52-40)42(51)54-38(44(5,6)36(49)16-8-2)22-14-20-31-25-29(31)17-9-11-23-39-45-27-33(46-39)41(50)53-37/h7-20,23-24,27-32,35-38,48-49H,21-22,25-26H2,1-6H3,(H,45,46)/b15-7+,16-8+,17-9+,18-10+,19-13-,20-14-,23-11-,24-12-/t29-,30-,31+,32+,35+,36+,37+,38+/m1/s1. The number of esters is 2. The third kappa shape index (κ3) is 10.7. The van der Waals surface area contributed by atoms with Crippen molar-refractivity contribution < 1.29 is 33.7 Å². The van der Waals surface area contributed by atoms with E-state index in [2.05, 4.69) is 39.3 Å². The molecular formula is C44H55N3O7. The molecule has 0 saturated heterocycles. The number of fused-ring (bicyclic) bond motifs is 6. The number of aliphatic hydroxyl groups excluding tert-OH is 2. The lowest BCUT2D eigenvalue weighted by Gasteiger charge is -2.36. The zero-order chi connectivity index (χ0) is 38.9. The van der Waals surface area contributed by atoms with Crippen LogP contribution in [0.3, 0.4) is 0 Å². The highest BCUT2D eigenvalue weighted by Gasteiger charge is 2.40. The molecule has 8 atom stereocenters. The van der Waals surface area contributed by atoms with E-state index < -0.39 is 47.2 Å². The molecule has 2 fully saturated rings. The van der Waals surface area contributed by atoms with Crippen molar-refractivity contribution in [1.29, 1.82) is 0 Å². The lowest BCUT2D eigenvalue weighted by Crippen LogP contribution is -2.42. The third-order valence-electron chi connectivity index (χ3n) is 10.7. The minimum absolute atomic E-state index is 0.0626. The summed E-state index contributed by atoms with van der Waals surface area (Å²) in [6, 6.07) is 0. The van der Waals surface area contributed by atoms with Gasteiger partial charge in [-0.1, -0.05) is 113 Å². The van der Waals surface area contributed by atoms with Crippen molar-refractivity contribution >= 4 is 24.1 Å². The van der Waals surface area contributed by atoms with E-state index in [-0.39, 0.29) is 17.3 Å². The van der Waals surface area contributed by atoms with Gasteiger partial charge < -0.3 is 29.1 Å². The van der Waals surface area contributed by atoms with Crippen LogP contribution >= 0.6 is 0 Å². The van der Waals surface area contributed by atoms with Crippen LogP contribution in [0.1, 0.15) is 99.9 Å². The van der Waals surface area contributed by atoms with Crippen molar-refractivity contribution in [2.75, 3.05) is 0 Å². The number of nitrogens with zero attached hydrogens (tertiary/aromatic N) is 2. The van der Waals surface area contributed by atoms with Crippen LogP contribution in [-0.4, -0.2) is 61.5 Å². The Bertz CT molecular complexity index is 1700. The van der Waals surface area contributed by atoms with Gasteiger partial charge in [-0.15, -0.1) is 0 Å². The van der Waals surface area contributed by atoms with E-state index in [0.29, 0.717) is 42.3 Å². The molecule has 10 heteroatoms. The first-order valence-corrected chi connectivity index (χ1v) is 18.9. The number of hydrogen-bond acceptors (Lipinski definition) is 9. The number of oxazole rings is 1. The van der Waals surface area contributed by atoms with E-state index in [0.717, 1.165) is 12.8 Å². The average Bonchev–Trinajstić information content (AvgIpc) is 3.93. The molecule has 2 saturated carbocycles. The second-order valence-corrected chi connectivity index (χ2v) is 15.6. The molecule has 3 N–H and O–H groups in total. The number of imidazole rings is 1. The summed E-state index contributed by atoms with van der Waals surface area (Å²) in [5.74, 6) is 1.08. The number of H-pyrrole nitrogens is 1. The number of aromatic nitrogens is 3. The van der Waals surface area contributed by atoms with Crippen molar-refractivity contribution in [3.8, 4) is 0 Å². The van der Waals surface area contributed by atoms with Gasteiger partial charge in [0, 0.05) is 29.7 Å². The van der Waals surface area contributed by atoms with Crippen LogP contribution < -0.4 is 0 Å². The SMILES string of the molecule is C/C=C/[C@H](O)C(C)(C)[C@@H]1C/C=C\[C@H]2C[C@H]2/C=C/C=C\c2ncc([nH]2)C(=O)O[C@H](C(C)(C)[C@@H](O)/C=C/C)C/C=C\[C@H]2C[C@H]2/C=C/C=C\c2nc(co2)C(=O)O1. The van der Waals surface area contributed by atoms with Gasteiger partial charge in [0.2, 0.25) is 5.89 Å². The molecule has 1 aliphatic heterocycles. The molecule has 2 aromatic rings. The smallest absolute Gasteiger partial charge is 0.360 e. The monoisotopic (exact) mass is 737 g/mol. The fourth-order valence-electron chi connectivity index (χ4n) is 6.42. The van der Waals surface area contributed by atoms with Crippen molar-refractivity contribution in [2.24, 2.45) is 34.5 Å². The van der Waals surface area contributed by atoms with E-state index in [4.69, 9.17) is 13.9 Å². The number of nitrogens with one attached hydrogen (secondary N) is 1. The summed E-state index contributed by atoms with van der Waals surface area (Å²) in [7, 11) is 0. The number of ether oxygens (including phenoxy) is 2. The van der Waals surface area contributed by atoms with Gasteiger partial charge in [-0.3, -0.25) is 0 Å². The van der Waals surface area contributed by atoms with Gasteiger partial charge in [-0.05, 0) is 56.4 Å². The van der Waals surface area contributed by atoms with Crippen LogP contribution in [0.25, 0.3) is 12.2 Å². The van der Waals surface area contributed by atoms with Gasteiger partial charge in [-0.25, -0.2) is 19.6 Å². The zero-order valence-electron chi connectivity index (χ0n) is 32.2. The highest BCUT2D eigenvalue weighted by atomic mass is 16.6. The van der Waals surface area contributed by atoms with E-state index in [9.17, 15) is 19.8 Å². The third-order valence-corrected chi connectivity index (χ3v) is 10.7. The summed E-state index contributed by atoms with van der Waals surface area (Å²) in [4.78, 5) is 38.3. The molecule has 3 aliphatic rings. The predicted molar refractivity (Wildman–Crippen MR) is 210 cm³/mol. The van der Waals surface area contributed by atoms with E-state index in [1.165, 1.54) is 12.5 Å². The highest BCUT2D eigenvalue weighted by molar-refractivity contribution is 5.88. The Kier molecular flexibility index (Phi) is 13.5. The lowest BCUT2D eigenvalue weighted by molar-refractivity contribution is -0.0461. The topological polar surface area (TPSA) is 148 Å². The highest BCUT2D eigenvalue weighted by Crippen LogP contribution is 2.42. The normalized spacial score (nSPS) is 30.5. The number of cyclic esters (lactones) is 2. The molecular weight excluding hydrogens is 682 g/mol. The number of aromatic amines is 1. The van der Waals surface area contributed by atoms with Gasteiger partial charge in [0.25, 0.3) is 0 Å². The first kappa shape index (κ1) is 40.4. The second-order valence-electron chi connectivity index (χ2n) is 15.6. The molecule has 4 bridgehead atoms. The first-order valence-electron chi connectivity index (χ1n) is 18.9. The van der Waals surface area contributed by atoms with Crippen molar-refractivity contribution in [3.63, 3.8) is 0 Å². The summed E-state index contributed by atoms with van der Waals surface area (Å²) in [6.45, 7) is 11.2. The minimum atomic E-state index is -0.828. The molecule has 2 aromatic heterocycles. The molecule has 54 heavy (non-hydrogen) atoms. The summed E-state index contributed by atoms with van der Waals surface area (Å²) >= 11 is 0. The first-order chi connectivity index (χ1) is 25.8. The summed E-state index contributed by atoms with van der Waals surface area (Å²) in [5.41, 5.74) is -1.23. The largest absolute Gasteiger partial charge is 0.457 e. The summed E-state index contributed by atoms with van der Waals surface area (Å²) in [5, 5.41) is 21.8. The van der Waals surface area contributed by atoms with Crippen molar-refractivity contribution in [2.45, 2.75) is 91.6 Å². The van der Waals surface area contributed by atoms with E-state index in [1.807, 2.05) is 78.0 Å². The maximum absolute atomic E-state index is 13.3. The average molecular weight is 738 g/mol. The Balaban J connectivity index is 1.35. The molecule has 10 nitrogen and oxygen atoms in total. The molecule has 0 aromatic carbocycles. The van der Waals surface area contributed by atoms with Gasteiger partial charge in [0.05, 0.1) is 18.4 Å². The van der Waals surface area contributed by atoms with Crippen LogP contribution in [0.5, 0.6) is 0 Å². The maximum atomic E-state index is 13.3. The van der Waals surface area contributed by atoms with Gasteiger partial charge >= 0.3 is 11.9 Å². The Morgan fingerprint density at radius 1 is 0.759 bits per heavy atom. The number of rotatable bonds is 6. The molecule has 3 heterocycles. The number of hydrogen-bond donors (Lipinski definition) is 3. The summed E-state index contributed by atoms with van der Waals surface area (Å²) < 4.78 is 17.6. The number of carbonyl (C=O) groups is 2. The molecule has 2 aliphatic carbocycles. The fraction of sp³-hybridized carbons (Fsp3) is 0.455. The Morgan fingerprint density at radius 2 is 1.28 bits per heavy atom. The van der Waals surface area contributed by atoms with Crippen molar-refractivity contribution in [3.05, 3.63) is 121 Å². The van der Waals surface area contributed by atoms with Crippen LogP contribution in [-0.2, 0) is 9.47 Å². The van der Waals surface area contributed by atoms with Gasteiger partial charge in [0.15, 0.2) is 5.69 Å². The van der Waals surface area contributed by atoms with E-state index >= 15 is 0 Å². The quantitative estimate of drug-likeness (QED) is 0.196. The molecule has 0 amide bonds. The molecule has 5 rings (SSSR count). The molecule has 288 valence electrons. The maximum Gasteiger partial charge on any atom is 0.360 e. The lowest BCUT2D eigenvalue weighted by atomic mass is 9.79. The summed E-state index contributed by atoms with van der Waals surface area (Å²) in [6.07, 6.45) is 33.4. The van der Waals surface area contributed by atoms with Gasteiger partial charge in [-0.2, -0.15) is 0 Å². The Hall–Kier alpha value is -4.80.